The van der Waals surface area contributed by atoms with Gasteiger partial charge in [0.05, 0.1) is 0 Å². The first-order chi connectivity index (χ1) is 8.82. The van der Waals surface area contributed by atoms with Gasteiger partial charge in [-0.25, -0.2) is 13.8 Å². The molecular weight excluding hydrogens is 295 g/mol. The van der Waals surface area contributed by atoms with Crippen molar-refractivity contribution >= 4 is 23.2 Å². The molecule has 19 heavy (non-hydrogen) atoms. The number of halogens is 4. The molecule has 1 N–H and O–H groups in total. The Kier molecular flexibility index (Phi) is 3.76. The lowest BCUT2D eigenvalue weighted by molar-refractivity contribution is 0.101. The maximum atomic E-state index is 13.2. The van der Waals surface area contributed by atoms with Crippen molar-refractivity contribution in [3.63, 3.8) is 0 Å². The number of hydrogen-bond acceptors (Lipinski definition) is 2. The van der Waals surface area contributed by atoms with Gasteiger partial charge in [0, 0.05) is 5.56 Å². The number of aromatic nitrogens is 1. The molecule has 1 heterocycles. The van der Waals surface area contributed by atoms with Gasteiger partial charge in [0.15, 0.2) is 11.6 Å². The lowest BCUT2D eigenvalue weighted by atomic mass is 9.89. The monoisotopic (exact) mass is 303 g/mol. The van der Waals surface area contributed by atoms with Gasteiger partial charge in [-0.1, -0.05) is 29.3 Å². The van der Waals surface area contributed by atoms with Crippen LogP contribution in [0.1, 0.15) is 18.1 Å². The Labute approximate surface area is 118 Å². The van der Waals surface area contributed by atoms with Crippen LogP contribution in [-0.4, -0.2) is 10.1 Å². The molecule has 1 unspecified atom stereocenters. The molecule has 100 valence electrons. The summed E-state index contributed by atoms with van der Waals surface area (Å²) in [4.78, 5) is 3.81. The third-order valence-electron chi connectivity index (χ3n) is 2.82. The first-order valence-corrected chi connectivity index (χ1v) is 6.08. The van der Waals surface area contributed by atoms with Gasteiger partial charge in [-0.15, -0.1) is 0 Å². The van der Waals surface area contributed by atoms with Crippen LogP contribution in [0.15, 0.2) is 30.3 Å². The SMILES string of the molecule is CC(O)(c1ccc(F)c(F)c1)c1ccc(Cl)nc1Cl. The second kappa shape index (κ2) is 5.04. The standard InChI is InChI=1S/C13H9Cl2F2NO/c1-13(19,7-2-4-9(16)10(17)6-7)8-3-5-11(14)18-12(8)15/h2-6,19H,1H3. The summed E-state index contributed by atoms with van der Waals surface area (Å²) >= 11 is 11.6. The Morgan fingerprint density at radius 1 is 1.11 bits per heavy atom. The van der Waals surface area contributed by atoms with Crippen molar-refractivity contribution in [2.45, 2.75) is 12.5 Å². The average molecular weight is 304 g/mol. The molecule has 1 aromatic carbocycles. The normalized spacial score (nSPS) is 14.2. The van der Waals surface area contributed by atoms with Crippen molar-refractivity contribution in [3.05, 3.63) is 63.4 Å². The highest BCUT2D eigenvalue weighted by Gasteiger charge is 2.29. The molecule has 0 bridgehead atoms. The highest BCUT2D eigenvalue weighted by molar-refractivity contribution is 6.32. The molecular formula is C13H9Cl2F2NO. The van der Waals surface area contributed by atoms with Crippen LogP contribution in [0.4, 0.5) is 8.78 Å². The summed E-state index contributed by atoms with van der Waals surface area (Å²) in [5.74, 6) is -2.03. The molecule has 6 heteroatoms. The fraction of sp³-hybridized carbons (Fsp3) is 0.154. The summed E-state index contributed by atoms with van der Waals surface area (Å²) in [6.45, 7) is 1.41. The van der Waals surface area contributed by atoms with Gasteiger partial charge >= 0.3 is 0 Å². The Bertz CT molecular complexity index is 632. The van der Waals surface area contributed by atoms with Gasteiger partial charge in [-0.05, 0) is 36.8 Å². The molecule has 2 aromatic rings. The quantitative estimate of drug-likeness (QED) is 0.853. The van der Waals surface area contributed by atoms with Crippen LogP contribution in [0, 0.1) is 11.6 Å². The smallest absolute Gasteiger partial charge is 0.159 e. The molecule has 0 saturated heterocycles. The molecule has 0 radical (unpaired) electrons. The highest BCUT2D eigenvalue weighted by atomic mass is 35.5. The number of nitrogens with zero attached hydrogens (tertiary/aromatic N) is 1. The third kappa shape index (κ3) is 2.71. The molecule has 0 aliphatic carbocycles. The Morgan fingerprint density at radius 2 is 1.79 bits per heavy atom. The minimum atomic E-state index is -1.61. The minimum Gasteiger partial charge on any atom is -0.381 e. The van der Waals surface area contributed by atoms with Crippen molar-refractivity contribution in [2.24, 2.45) is 0 Å². The maximum absolute atomic E-state index is 13.2. The zero-order valence-corrected chi connectivity index (χ0v) is 11.3. The minimum absolute atomic E-state index is 0.00207. The van der Waals surface area contributed by atoms with Gasteiger partial charge < -0.3 is 5.11 Å². The van der Waals surface area contributed by atoms with E-state index in [2.05, 4.69) is 4.98 Å². The predicted molar refractivity (Wildman–Crippen MR) is 69.3 cm³/mol. The van der Waals surface area contributed by atoms with Crippen LogP contribution in [0.2, 0.25) is 10.3 Å². The molecule has 0 aliphatic heterocycles. The first-order valence-electron chi connectivity index (χ1n) is 5.33. The molecule has 0 fully saturated rings. The van der Waals surface area contributed by atoms with E-state index < -0.39 is 17.2 Å². The van der Waals surface area contributed by atoms with E-state index in [0.717, 1.165) is 12.1 Å². The van der Waals surface area contributed by atoms with Crippen LogP contribution in [0.25, 0.3) is 0 Å². The molecule has 0 aliphatic rings. The number of pyridine rings is 1. The van der Waals surface area contributed by atoms with Crippen LogP contribution < -0.4 is 0 Å². The van der Waals surface area contributed by atoms with E-state index in [9.17, 15) is 13.9 Å². The molecule has 1 aromatic heterocycles. The van der Waals surface area contributed by atoms with E-state index in [4.69, 9.17) is 23.2 Å². The summed E-state index contributed by atoms with van der Waals surface area (Å²) < 4.78 is 26.1. The summed E-state index contributed by atoms with van der Waals surface area (Å²) in [6, 6.07) is 6.08. The summed E-state index contributed by atoms with van der Waals surface area (Å²) in [7, 11) is 0. The molecule has 2 rings (SSSR count). The predicted octanol–water partition coefficient (Wildman–Crippen LogP) is 3.92. The Morgan fingerprint density at radius 3 is 2.37 bits per heavy atom. The van der Waals surface area contributed by atoms with Crippen LogP contribution in [0.3, 0.4) is 0 Å². The van der Waals surface area contributed by atoms with Crippen molar-refractivity contribution in [1.29, 1.82) is 0 Å². The first kappa shape index (κ1) is 14.2. The van der Waals surface area contributed by atoms with E-state index in [-0.39, 0.29) is 21.4 Å². The van der Waals surface area contributed by atoms with E-state index in [1.807, 2.05) is 0 Å². The second-order valence-electron chi connectivity index (χ2n) is 4.17. The van der Waals surface area contributed by atoms with Gasteiger partial charge in [-0.3, -0.25) is 0 Å². The average Bonchev–Trinajstić information content (AvgIpc) is 2.32. The van der Waals surface area contributed by atoms with E-state index in [0.29, 0.717) is 0 Å². The number of aliphatic hydroxyl groups is 1. The molecule has 0 amide bonds. The highest BCUT2D eigenvalue weighted by Crippen LogP contribution is 2.34. The van der Waals surface area contributed by atoms with Gasteiger partial charge in [0.1, 0.15) is 15.9 Å². The van der Waals surface area contributed by atoms with Crippen molar-refractivity contribution < 1.29 is 13.9 Å². The molecule has 1 atom stereocenters. The summed E-state index contributed by atoms with van der Waals surface area (Å²) in [6.07, 6.45) is 0. The number of benzene rings is 1. The Hall–Kier alpha value is -1.23. The van der Waals surface area contributed by atoms with Crippen molar-refractivity contribution in [3.8, 4) is 0 Å². The Balaban J connectivity index is 2.54. The fourth-order valence-electron chi connectivity index (χ4n) is 1.73. The van der Waals surface area contributed by atoms with E-state index in [1.165, 1.54) is 25.1 Å². The maximum Gasteiger partial charge on any atom is 0.159 e. The molecule has 2 nitrogen and oxygen atoms in total. The lowest BCUT2D eigenvalue weighted by Gasteiger charge is -2.25. The molecule has 0 spiro atoms. The van der Waals surface area contributed by atoms with Gasteiger partial charge in [0.2, 0.25) is 0 Å². The number of hydrogen-bond donors (Lipinski definition) is 1. The van der Waals surface area contributed by atoms with Crippen LogP contribution >= 0.6 is 23.2 Å². The summed E-state index contributed by atoms with van der Waals surface area (Å²) in [5.41, 5.74) is -1.19. The largest absolute Gasteiger partial charge is 0.381 e. The van der Waals surface area contributed by atoms with Crippen molar-refractivity contribution in [1.82, 2.24) is 4.98 Å². The number of rotatable bonds is 2. The van der Waals surface area contributed by atoms with E-state index in [1.54, 1.807) is 0 Å². The van der Waals surface area contributed by atoms with Gasteiger partial charge in [0.25, 0.3) is 0 Å². The fourth-order valence-corrected chi connectivity index (χ4v) is 2.26. The van der Waals surface area contributed by atoms with Crippen LogP contribution in [0.5, 0.6) is 0 Å². The third-order valence-corrected chi connectivity index (χ3v) is 3.32. The second-order valence-corrected chi connectivity index (χ2v) is 4.92. The lowest BCUT2D eigenvalue weighted by Crippen LogP contribution is -2.24. The summed E-state index contributed by atoms with van der Waals surface area (Å²) in [5, 5.41) is 10.7. The zero-order valence-electron chi connectivity index (χ0n) is 9.79. The van der Waals surface area contributed by atoms with Crippen molar-refractivity contribution in [2.75, 3.05) is 0 Å². The van der Waals surface area contributed by atoms with Gasteiger partial charge in [-0.2, -0.15) is 0 Å². The molecule has 0 saturated carbocycles. The topological polar surface area (TPSA) is 33.1 Å². The van der Waals surface area contributed by atoms with E-state index >= 15 is 0 Å². The van der Waals surface area contributed by atoms with Crippen LogP contribution in [-0.2, 0) is 5.60 Å². The zero-order chi connectivity index (χ0) is 14.2.